The molecule has 0 heterocycles. The number of hydrogen-bond acceptors (Lipinski definition) is 3. The number of carbonyl (C=O) groups is 1. The number of halogens is 6. The third-order valence-corrected chi connectivity index (χ3v) is 3.59. The van der Waals surface area contributed by atoms with Crippen LogP contribution >= 0.6 is 0 Å². The van der Waals surface area contributed by atoms with Crippen LogP contribution in [0.5, 0.6) is 0 Å². The monoisotopic (exact) mass is 406 g/mol. The van der Waals surface area contributed by atoms with Crippen LogP contribution in [-0.4, -0.2) is 37.6 Å². The van der Waals surface area contributed by atoms with Crippen molar-refractivity contribution in [1.29, 1.82) is 0 Å². The van der Waals surface area contributed by atoms with Gasteiger partial charge in [-0.1, -0.05) is 60.7 Å². The molecule has 0 saturated carbocycles. The van der Waals surface area contributed by atoms with Crippen LogP contribution in [0.1, 0.15) is 21.8 Å². The molecule has 0 amide bonds. The summed E-state index contributed by atoms with van der Waals surface area (Å²) in [5, 5.41) is 0. The summed E-state index contributed by atoms with van der Waals surface area (Å²) >= 11 is 0. The molecule has 2 aromatic rings. The van der Waals surface area contributed by atoms with Crippen molar-refractivity contribution >= 4 is 5.78 Å². The Labute approximate surface area is 156 Å². The number of ether oxygens (including phenoxy) is 2. The number of rotatable bonds is 8. The lowest BCUT2D eigenvalue weighted by Gasteiger charge is -2.28. The zero-order chi connectivity index (χ0) is 20.8. The number of carbonyl (C=O) groups excluding carboxylic acids is 1. The molecule has 0 aliphatic rings. The van der Waals surface area contributed by atoms with Crippen LogP contribution in [0.25, 0.3) is 0 Å². The zero-order valence-corrected chi connectivity index (χ0v) is 14.3. The summed E-state index contributed by atoms with van der Waals surface area (Å²) in [7, 11) is 0. The van der Waals surface area contributed by atoms with Gasteiger partial charge < -0.3 is 9.47 Å². The fourth-order valence-corrected chi connectivity index (χ4v) is 2.47. The summed E-state index contributed by atoms with van der Waals surface area (Å²) in [5.74, 6) is -2.24. The van der Waals surface area contributed by atoms with Crippen molar-refractivity contribution in [3.05, 3.63) is 71.8 Å². The van der Waals surface area contributed by atoms with Gasteiger partial charge in [-0.25, -0.2) is 0 Å². The van der Waals surface area contributed by atoms with Crippen LogP contribution in [0, 0.1) is 0 Å². The van der Waals surface area contributed by atoms with Gasteiger partial charge in [-0.05, 0) is 5.56 Å². The molecule has 0 radical (unpaired) electrons. The highest BCUT2D eigenvalue weighted by Gasteiger charge is 2.39. The van der Waals surface area contributed by atoms with Crippen molar-refractivity contribution < 1.29 is 40.6 Å². The van der Waals surface area contributed by atoms with E-state index in [2.05, 4.69) is 9.47 Å². The molecule has 0 N–H and O–H groups in total. The predicted molar refractivity (Wildman–Crippen MR) is 87.8 cm³/mol. The van der Waals surface area contributed by atoms with Crippen molar-refractivity contribution in [2.24, 2.45) is 0 Å². The van der Waals surface area contributed by atoms with Gasteiger partial charge in [0.25, 0.3) is 0 Å². The van der Waals surface area contributed by atoms with Gasteiger partial charge in [0.15, 0.2) is 12.1 Å². The van der Waals surface area contributed by atoms with Crippen LogP contribution in [0.2, 0.25) is 0 Å². The summed E-state index contributed by atoms with van der Waals surface area (Å²) in [6.45, 7) is -3.72. The molecular formula is C19H16F6O3. The summed E-state index contributed by atoms with van der Waals surface area (Å²) in [6, 6.07) is 14.9. The molecule has 2 rings (SSSR count). The fourth-order valence-electron chi connectivity index (χ4n) is 2.47. The normalized spacial score (nSPS) is 13.5. The van der Waals surface area contributed by atoms with Gasteiger partial charge in [-0.3, -0.25) is 4.79 Å². The lowest BCUT2D eigenvalue weighted by Crippen LogP contribution is -2.36. The van der Waals surface area contributed by atoms with E-state index in [1.807, 2.05) is 0 Å². The second kappa shape index (κ2) is 9.20. The number of hydrogen-bond donors (Lipinski definition) is 0. The minimum Gasteiger partial charge on any atom is -0.342 e. The number of benzene rings is 2. The minimum atomic E-state index is -4.81. The molecular weight excluding hydrogens is 390 g/mol. The molecule has 0 fully saturated rings. The average Bonchev–Trinajstić information content (AvgIpc) is 2.63. The Kier molecular flexibility index (Phi) is 7.20. The summed E-state index contributed by atoms with van der Waals surface area (Å²) in [4.78, 5) is 12.9. The molecule has 0 aromatic heterocycles. The van der Waals surface area contributed by atoms with Gasteiger partial charge in [-0.2, -0.15) is 26.3 Å². The van der Waals surface area contributed by atoms with Crippen molar-refractivity contribution in [3.8, 4) is 0 Å². The van der Waals surface area contributed by atoms with Crippen LogP contribution in [0.3, 0.4) is 0 Å². The van der Waals surface area contributed by atoms with Gasteiger partial charge in [0, 0.05) is 5.56 Å². The van der Waals surface area contributed by atoms with E-state index in [0.29, 0.717) is 0 Å². The summed E-state index contributed by atoms with van der Waals surface area (Å²) < 4.78 is 84.7. The molecule has 0 saturated heterocycles. The molecule has 3 nitrogen and oxygen atoms in total. The number of alkyl halides is 6. The van der Waals surface area contributed by atoms with E-state index < -0.39 is 43.6 Å². The van der Waals surface area contributed by atoms with E-state index in [1.165, 1.54) is 48.5 Å². The van der Waals surface area contributed by atoms with Crippen molar-refractivity contribution in [2.45, 2.75) is 24.6 Å². The quantitative estimate of drug-likeness (QED) is 0.346. The van der Waals surface area contributed by atoms with Gasteiger partial charge in [0.2, 0.25) is 0 Å². The lowest BCUT2D eigenvalue weighted by atomic mass is 9.90. The molecule has 0 aliphatic heterocycles. The van der Waals surface area contributed by atoms with Crippen molar-refractivity contribution in [1.82, 2.24) is 0 Å². The highest BCUT2D eigenvalue weighted by Crippen LogP contribution is 2.30. The second-order valence-corrected chi connectivity index (χ2v) is 5.84. The Morgan fingerprint density at radius 1 is 0.750 bits per heavy atom. The first-order chi connectivity index (χ1) is 13.1. The van der Waals surface area contributed by atoms with Crippen molar-refractivity contribution in [3.63, 3.8) is 0 Å². The average molecular weight is 406 g/mol. The topological polar surface area (TPSA) is 35.5 Å². The Morgan fingerprint density at radius 3 is 1.61 bits per heavy atom. The van der Waals surface area contributed by atoms with E-state index in [0.717, 1.165) is 0 Å². The van der Waals surface area contributed by atoms with Crippen LogP contribution < -0.4 is 0 Å². The first-order valence-electron chi connectivity index (χ1n) is 8.08. The number of ketones is 1. The highest BCUT2D eigenvalue weighted by atomic mass is 19.4. The smallest absolute Gasteiger partial charge is 0.342 e. The Hall–Kier alpha value is -2.39. The van der Waals surface area contributed by atoms with Gasteiger partial charge in [-0.15, -0.1) is 0 Å². The van der Waals surface area contributed by atoms with Crippen LogP contribution in [-0.2, 0) is 9.47 Å². The molecule has 9 heteroatoms. The molecule has 28 heavy (non-hydrogen) atoms. The van der Waals surface area contributed by atoms with E-state index in [1.54, 1.807) is 12.1 Å². The summed E-state index contributed by atoms with van der Waals surface area (Å²) in [5.41, 5.74) is 0.276. The van der Waals surface area contributed by atoms with Crippen LogP contribution in [0.15, 0.2) is 60.7 Å². The van der Waals surface area contributed by atoms with Crippen molar-refractivity contribution in [2.75, 3.05) is 13.2 Å². The van der Waals surface area contributed by atoms with Gasteiger partial charge in [0.1, 0.15) is 13.2 Å². The Bertz CT molecular complexity index is 726. The van der Waals surface area contributed by atoms with E-state index >= 15 is 0 Å². The maximum absolute atomic E-state index is 12.9. The Balaban J connectivity index is 2.40. The fraction of sp³-hybridized carbons (Fsp3) is 0.316. The largest absolute Gasteiger partial charge is 0.411 e. The first kappa shape index (κ1) is 21.9. The van der Waals surface area contributed by atoms with Crippen LogP contribution in [0.4, 0.5) is 26.3 Å². The molecule has 0 aliphatic carbocycles. The molecule has 0 spiro atoms. The van der Waals surface area contributed by atoms with Gasteiger partial charge in [0.05, 0.1) is 5.92 Å². The zero-order valence-electron chi connectivity index (χ0n) is 14.3. The third kappa shape index (κ3) is 6.97. The summed E-state index contributed by atoms with van der Waals surface area (Å²) in [6.07, 6.45) is -11.7. The third-order valence-electron chi connectivity index (χ3n) is 3.59. The maximum atomic E-state index is 12.9. The molecule has 1 unspecified atom stereocenters. The first-order valence-corrected chi connectivity index (χ1v) is 8.08. The number of Topliss-reactive ketones (excluding diaryl/α,β-unsaturated/α-hetero) is 1. The van der Waals surface area contributed by atoms with Gasteiger partial charge >= 0.3 is 12.4 Å². The Morgan fingerprint density at radius 2 is 1.18 bits per heavy atom. The maximum Gasteiger partial charge on any atom is 0.411 e. The molecule has 2 aromatic carbocycles. The highest BCUT2D eigenvalue weighted by molar-refractivity contribution is 6.01. The van der Waals surface area contributed by atoms with E-state index in [9.17, 15) is 31.1 Å². The molecule has 0 bridgehead atoms. The molecule has 1 atom stereocenters. The standard InChI is InChI=1S/C19H16F6O3/c20-18(21,22)11-27-17(28-12-19(23,24)25)15(13-7-3-1-4-8-13)16(26)14-9-5-2-6-10-14/h1-10,15,17H,11-12H2. The lowest BCUT2D eigenvalue weighted by molar-refractivity contribution is -0.261. The van der Waals surface area contributed by atoms with E-state index in [-0.39, 0.29) is 11.1 Å². The SMILES string of the molecule is O=C(c1ccccc1)C(c1ccccc1)C(OCC(F)(F)F)OCC(F)(F)F. The minimum absolute atomic E-state index is 0.104. The molecule has 152 valence electrons. The van der Waals surface area contributed by atoms with E-state index in [4.69, 9.17) is 0 Å². The second-order valence-electron chi connectivity index (χ2n) is 5.84. The predicted octanol–water partition coefficient (Wildman–Crippen LogP) is 5.14.